The van der Waals surface area contributed by atoms with Gasteiger partial charge in [-0.3, -0.25) is 14.5 Å². The Morgan fingerprint density at radius 2 is 1.94 bits per heavy atom. The van der Waals surface area contributed by atoms with Gasteiger partial charge in [0.05, 0.1) is 7.11 Å². The smallest absolute Gasteiger partial charge is 0.411 e. The molecule has 0 bridgehead atoms. The van der Waals surface area contributed by atoms with Gasteiger partial charge in [0.2, 0.25) is 11.8 Å². The minimum atomic E-state index is -1.00. The third-order valence-corrected chi connectivity index (χ3v) is 5.99. The highest BCUT2D eigenvalue weighted by atomic mass is 16.6. The van der Waals surface area contributed by atoms with Crippen molar-refractivity contribution in [1.82, 2.24) is 15.5 Å². The zero-order chi connectivity index (χ0) is 27.0. The number of rotatable bonds is 10. The van der Waals surface area contributed by atoms with Gasteiger partial charge in [-0.25, -0.2) is 4.79 Å². The molecule has 3 amide bonds. The van der Waals surface area contributed by atoms with E-state index >= 15 is 0 Å². The van der Waals surface area contributed by atoms with Crippen molar-refractivity contribution < 1.29 is 28.6 Å². The Balaban J connectivity index is 2.37. The maximum absolute atomic E-state index is 13.6. The molecular weight excluding hydrogens is 462 g/mol. The molecule has 1 fully saturated rings. The van der Waals surface area contributed by atoms with Crippen LogP contribution >= 0.6 is 0 Å². The molecule has 0 radical (unpaired) electrons. The Hall–Kier alpha value is -3.49. The summed E-state index contributed by atoms with van der Waals surface area (Å²) < 4.78 is 17.1. The molecule has 1 saturated heterocycles. The molecule has 0 aromatic heterocycles. The topological polar surface area (TPSA) is 106 Å². The molecule has 1 heterocycles. The molecule has 1 aromatic carbocycles. The predicted molar refractivity (Wildman–Crippen MR) is 139 cm³/mol. The monoisotopic (exact) mass is 501 g/mol. The van der Waals surface area contributed by atoms with Gasteiger partial charge < -0.3 is 24.8 Å². The summed E-state index contributed by atoms with van der Waals surface area (Å²) in [7, 11) is 1.56. The van der Waals surface area contributed by atoms with E-state index in [0.717, 1.165) is 5.56 Å². The summed E-state index contributed by atoms with van der Waals surface area (Å²) in [6, 6.07) is 3.43. The van der Waals surface area contributed by atoms with Crippen molar-refractivity contribution >= 4 is 24.0 Å². The number of methoxy groups -OCH3 is 1. The second kappa shape index (κ2) is 12.5. The number of likely N-dealkylation sites (tertiary alicyclic amines) is 1. The molecular formula is C27H39N3O6. The van der Waals surface area contributed by atoms with Crippen LogP contribution < -0.4 is 20.1 Å². The average molecular weight is 502 g/mol. The van der Waals surface area contributed by atoms with E-state index in [0.29, 0.717) is 24.3 Å². The molecule has 0 aliphatic carbocycles. The summed E-state index contributed by atoms with van der Waals surface area (Å²) >= 11 is 0. The van der Waals surface area contributed by atoms with Crippen LogP contribution in [-0.2, 0) is 14.3 Å². The second-order valence-corrected chi connectivity index (χ2v) is 9.76. The van der Waals surface area contributed by atoms with Crippen molar-refractivity contribution in [2.75, 3.05) is 13.7 Å². The molecule has 0 saturated carbocycles. The molecule has 1 aliphatic rings. The third kappa shape index (κ3) is 7.26. The number of carbonyl (C=O) groups excluding carboxylic acids is 3. The first-order valence-corrected chi connectivity index (χ1v) is 12.1. The summed E-state index contributed by atoms with van der Waals surface area (Å²) in [5, 5.41) is 5.38. The summed E-state index contributed by atoms with van der Waals surface area (Å²) in [6.07, 6.45) is 2.70. The highest BCUT2D eigenvalue weighted by Crippen LogP contribution is 2.30. The fourth-order valence-corrected chi connectivity index (χ4v) is 3.97. The van der Waals surface area contributed by atoms with E-state index in [1.54, 1.807) is 52.2 Å². The van der Waals surface area contributed by atoms with Gasteiger partial charge in [-0.2, -0.15) is 0 Å². The Morgan fingerprint density at radius 1 is 1.25 bits per heavy atom. The molecule has 0 spiro atoms. The number of carbonyl (C=O) groups is 3. The number of nitrogens with zero attached hydrogens (tertiary/aromatic N) is 1. The number of hydrogen-bond acceptors (Lipinski definition) is 6. The van der Waals surface area contributed by atoms with Gasteiger partial charge in [-0.1, -0.05) is 39.5 Å². The zero-order valence-electron chi connectivity index (χ0n) is 22.1. The molecule has 198 valence electrons. The second-order valence-electron chi connectivity index (χ2n) is 9.76. The molecule has 4 atom stereocenters. The first-order chi connectivity index (χ1) is 16.9. The van der Waals surface area contributed by atoms with Crippen molar-refractivity contribution in [3.63, 3.8) is 0 Å². The molecule has 2 rings (SSSR count). The van der Waals surface area contributed by atoms with E-state index in [1.807, 2.05) is 13.8 Å². The highest BCUT2D eigenvalue weighted by molar-refractivity contribution is 5.92. The Morgan fingerprint density at radius 3 is 2.50 bits per heavy atom. The first-order valence-electron chi connectivity index (χ1n) is 12.1. The lowest BCUT2D eigenvalue weighted by atomic mass is 9.97. The quantitative estimate of drug-likeness (QED) is 0.504. The number of hydrogen-bond donors (Lipinski definition) is 2. The highest BCUT2D eigenvalue weighted by Gasteiger charge is 2.46. The molecule has 1 aromatic rings. The van der Waals surface area contributed by atoms with Crippen LogP contribution in [0.2, 0.25) is 0 Å². The van der Waals surface area contributed by atoms with Gasteiger partial charge in [0.25, 0.3) is 0 Å². The number of amides is 3. The van der Waals surface area contributed by atoms with Gasteiger partial charge in [0.15, 0.2) is 6.04 Å². The number of nitrogens with one attached hydrogen (secondary N) is 2. The molecule has 9 heteroatoms. The number of ether oxygens (including phenoxy) is 3. The van der Waals surface area contributed by atoms with Gasteiger partial charge in [-0.15, -0.1) is 0 Å². The van der Waals surface area contributed by atoms with Crippen LogP contribution in [0.5, 0.6) is 11.5 Å². The Kier molecular flexibility index (Phi) is 9.95. The van der Waals surface area contributed by atoms with Crippen LogP contribution in [0.3, 0.4) is 0 Å². The van der Waals surface area contributed by atoms with E-state index in [9.17, 15) is 14.4 Å². The van der Waals surface area contributed by atoms with Crippen LogP contribution in [0, 0.1) is 5.92 Å². The predicted octanol–water partition coefficient (Wildman–Crippen LogP) is 3.89. The summed E-state index contributed by atoms with van der Waals surface area (Å²) in [5.74, 6) is 0.116. The van der Waals surface area contributed by atoms with Crippen LogP contribution in [0.15, 0.2) is 37.6 Å². The van der Waals surface area contributed by atoms with Crippen LogP contribution in [-0.4, -0.2) is 60.3 Å². The SMILES string of the molecule is C=CNC(=O)[C@@H](NC(=O)[C@@H]1[C@@H](Oc2ccc(OC)c(C=C)c2)CCN1C(=O)OC(C)(C)C)[C@@H](C)CC. The van der Waals surface area contributed by atoms with Crippen LogP contribution in [0.4, 0.5) is 4.79 Å². The van der Waals surface area contributed by atoms with E-state index in [4.69, 9.17) is 14.2 Å². The third-order valence-electron chi connectivity index (χ3n) is 5.99. The standard InChI is InChI=1S/C27H39N3O6/c1-9-17(4)22(24(31)28-11-3)29-25(32)23-21(14-15-30(23)26(33)36-27(5,6)7)35-19-12-13-20(34-8)18(10-2)16-19/h10-13,16-17,21-23H,2-3,9,14-15H2,1,4-8H3,(H,28,31)(H,29,32)/t17-,21-,22-,23-/m0/s1. The average Bonchev–Trinajstić information content (AvgIpc) is 3.24. The lowest BCUT2D eigenvalue weighted by Gasteiger charge is -2.32. The fraction of sp³-hybridized carbons (Fsp3) is 0.519. The molecule has 0 unspecified atom stereocenters. The molecule has 9 nitrogen and oxygen atoms in total. The van der Waals surface area contributed by atoms with E-state index in [-0.39, 0.29) is 18.4 Å². The van der Waals surface area contributed by atoms with Gasteiger partial charge >= 0.3 is 6.09 Å². The Bertz CT molecular complexity index is 971. The maximum atomic E-state index is 13.6. The number of benzene rings is 1. The van der Waals surface area contributed by atoms with Crippen LogP contribution in [0.1, 0.15) is 53.0 Å². The molecule has 36 heavy (non-hydrogen) atoms. The molecule has 2 N–H and O–H groups in total. The first kappa shape index (κ1) is 28.7. The van der Waals surface area contributed by atoms with Crippen molar-refractivity contribution in [1.29, 1.82) is 0 Å². The van der Waals surface area contributed by atoms with Crippen molar-refractivity contribution in [2.45, 2.75) is 71.2 Å². The minimum Gasteiger partial charge on any atom is -0.496 e. The summed E-state index contributed by atoms with van der Waals surface area (Å²) in [6.45, 7) is 16.7. The Labute approximate surface area is 213 Å². The normalized spacial score (nSPS) is 19.0. The lowest BCUT2D eigenvalue weighted by Crippen LogP contribution is -2.57. The van der Waals surface area contributed by atoms with E-state index in [2.05, 4.69) is 23.8 Å². The van der Waals surface area contributed by atoms with Gasteiger partial charge in [0.1, 0.15) is 29.2 Å². The van der Waals surface area contributed by atoms with E-state index < -0.39 is 35.8 Å². The minimum absolute atomic E-state index is 0.151. The maximum Gasteiger partial charge on any atom is 0.411 e. The lowest BCUT2D eigenvalue weighted by molar-refractivity contribution is -0.133. The van der Waals surface area contributed by atoms with Gasteiger partial charge in [-0.05, 0) is 51.1 Å². The van der Waals surface area contributed by atoms with Crippen molar-refractivity contribution in [3.8, 4) is 11.5 Å². The van der Waals surface area contributed by atoms with Gasteiger partial charge in [0, 0.05) is 18.5 Å². The van der Waals surface area contributed by atoms with E-state index in [1.165, 1.54) is 11.1 Å². The van der Waals surface area contributed by atoms with Crippen LogP contribution in [0.25, 0.3) is 6.08 Å². The fourth-order valence-electron chi connectivity index (χ4n) is 3.97. The zero-order valence-corrected chi connectivity index (χ0v) is 22.1. The largest absolute Gasteiger partial charge is 0.496 e. The van der Waals surface area contributed by atoms with Crippen molar-refractivity contribution in [2.24, 2.45) is 5.92 Å². The van der Waals surface area contributed by atoms with Crippen molar-refractivity contribution in [3.05, 3.63) is 43.1 Å². The summed E-state index contributed by atoms with van der Waals surface area (Å²) in [5.41, 5.74) is -0.00873. The molecule has 1 aliphatic heterocycles. The summed E-state index contributed by atoms with van der Waals surface area (Å²) in [4.78, 5) is 40.6.